The quantitative estimate of drug-likeness (QED) is 0.505. The van der Waals surface area contributed by atoms with Crippen LogP contribution in [0.15, 0.2) is 65.3 Å². The van der Waals surface area contributed by atoms with Crippen LogP contribution in [0, 0.1) is 0 Å². The van der Waals surface area contributed by atoms with Gasteiger partial charge in [-0.25, -0.2) is 9.59 Å². The monoisotopic (exact) mass is 437 g/mol. The molecule has 0 atom stereocenters. The van der Waals surface area contributed by atoms with Crippen LogP contribution >= 0.6 is 0 Å². The molecule has 1 heterocycles. The number of anilines is 1. The van der Waals surface area contributed by atoms with Gasteiger partial charge in [-0.2, -0.15) is 0 Å². The second kappa shape index (κ2) is 10.8. The molecule has 166 valence electrons. The summed E-state index contributed by atoms with van der Waals surface area (Å²) in [4.78, 5) is 36.7. The Hall–Kier alpha value is -4.07. The van der Waals surface area contributed by atoms with Gasteiger partial charge >= 0.3 is 11.9 Å². The number of nitrogens with one attached hydrogen (secondary N) is 1. The first-order chi connectivity index (χ1) is 15.5. The zero-order valence-corrected chi connectivity index (χ0v) is 17.8. The molecule has 1 N–H and O–H groups in total. The lowest BCUT2D eigenvalue weighted by molar-refractivity contribution is -0.116. The van der Waals surface area contributed by atoms with Gasteiger partial charge in [0.2, 0.25) is 5.91 Å². The largest absolute Gasteiger partial charge is 0.497 e. The maximum Gasteiger partial charge on any atom is 0.341 e. The highest BCUT2D eigenvalue weighted by Gasteiger charge is 2.19. The van der Waals surface area contributed by atoms with Crippen molar-refractivity contribution < 1.29 is 33.0 Å². The van der Waals surface area contributed by atoms with Gasteiger partial charge in [0.05, 0.1) is 31.7 Å². The number of benzene rings is 2. The molecule has 8 heteroatoms. The average Bonchev–Trinajstić information content (AvgIpc) is 3.30. The number of hydrogen-bond donors (Lipinski definition) is 1. The van der Waals surface area contributed by atoms with E-state index < -0.39 is 11.9 Å². The number of amides is 1. The number of esters is 2. The smallest absolute Gasteiger partial charge is 0.341 e. The van der Waals surface area contributed by atoms with Gasteiger partial charge in [0.1, 0.15) is 11.3 Å². The van der Waals surface area contributed by atoms with Crippen LogP contribution in [0.5, 0.6) is 5.75 Å². The summed E-state index contributed by atoms with van der Waals surface area (Å²) in [5.41, 5.74) is 1.70. The number of carbonyl (C=O) groups is 3. The number of hydrogen-bond acceptors (Lipinski definition) is 7. The first-order valence-electron chi connectivity index (χ1n) is 9.85. The molecule has 2 aromatic carbocycles. The molecule has 0 aliphatic heterocycles. The zero-order valence-electron chi connectivity index (χ0n) is 17.8. The van der Waals surface area contributed by atoms with Crippen molar-refractivity contribution in [2.24, 2.45) is 0 Å². The first kappa shape index (κ1) is 22.6. The molecule has 0 saturated heterocycles. The van der Waals surface area contributed by atoms with Crippen LogP contribution in [0.2, 0.25) is 0 Å². The summed E-state index contributed by atoms with van der Waals surface area (Å²) in [6.45, 7) is -0.254. The summed E-state index contributed by atoms with van der Waals surface area (Å²) in [5, 5.41) is 2.75. The third kappa shape index (κ3) is 5.75. The minimum atomic E-state index is -0.664. The molecule has 0 spiro atoms. The van der Waals surface area contributed by atoms with Crippen molar-refractivity contribution in [1.82, 2.24) is 0 Å². The first-order valence-corrected chi connectivity index (χ1v) is 9.85. The van der Waals surface area contributed by atoms with E-state index in [0.29, 0.717) is 12.1 Å². The average molecular weight is 437 g/mol. The molecule has 3 aromatic rings. The molecular weight excluding hydrogens is 414 g/mol. The molecule has 1 amide bonds. The van der Waals surface area contributed by atoms with Crippen molar-refractivity contribution in [2.45, 2.75) is 19.4 Å². The van der Waals surface area contributed by atoms with Crippen molar-refractivity contribution in [3.05, 3.63) is 83.3 Å². The minimum Gasteiger partial charge on any atom is -0.497 e. The van der Waals surface area contributed by atoms with Gasteiger partial charge in [-0.15, -0.1) is 0 Å². The van der Waals surface area contributed by atoms with E-state index >= 15 is 0 Å². The highest BCUT2D eigenvalue weighted by atomic mass is 16.5. The number of rotatable bonds is 9. The van der Waals surface area contributed by atoms with E-state index in [2.05, 4.69) is 10.1 Å². The fourth-order valence-electron chi connectivity index (χ4n) is 2.99. The Bertz CT molecular complexity index is 1090. The fraction of sp³-hybridized carbons (Fsp3) is 0.208. The Morgan fingerprint density at radius 1 is 0.906 bits per heavy atom. The number of carbonyl (C=O) groups excluding carboxylic acids is 3. The van der Waals surface area contributed by atoms with Gasteiger partial charge in [0.25, 0.3) is 0 Å². The fourth-order valence-corrected chi connectivity index (χ4v) is 2.99. The zero-order chi connectivity index (χ0) is 22.9. The van der Waals surface area contributed by atoms with E-state index in [1.807, 2.05) is 24.3 Å². The molecule has 8 nitrogen and oxygen atoms in total. The summed E-state index contributed by atoms with van der Waals surface area (Å²) >= 11 is 0. The predicted octanol–water partition coefficient (Wildman–Crippen LogP) is 4.00. The Labute approximate surface area is 185 Å². The van der Waals surface area contributed by atoms with Gasteiger partial charge in [-0.3, -0.25) is 4.79 Å². The molecule has 0 aliphatic carbocycles. The molecule has 0 fully saturated rings. The van der Waals surface area contributed by atoms with Crippen LogP contribution in [0.25, 0.3) is 0 Å². The van der Waals surface area contributed by atoms with Crippen LogP contribution in [0.4, 0.5) is 5.69 Å². The number of ether oxygens (including phenoxy) is 3. The SMILES string of the molecule is COC(=O)c1ccoc1COC(=O)c1ccccc1NC(=O)CCc1ccc(OC)cc1. The van der Waals surface area contributed by atoms with E-state index in [1.54, 1.807) is 31.4 Å². The molecule has 0 radical (unpaired) electrons. The topological polar surface area (TPSA) is 104 Å². The second-order valence-corrected chi connectivity index (χ2v) is 6.77. The third-order valence-corrected chi connectivity index (χ3v) is 4.71. The van der Waals surface area contributed by atoms with Gasteiger partial charge in [-0.05, 0) is 42.3 Å². The number of furan rings is 1. The van der Waals surface area contributed by atoms with E-state index in [9.17, 15) is 14.4 Å². The van der Waals surface area contributed by atoms with Crippen LogP contribution in [-0.4, -0.2) is 32.1 Å². The third-order valence-electron chi connectivity index (χ3n) is 4.71. The minimum absolute atomic E-state index is 0.172. The summed E-state index contributed by atoms with van der Waals surface area (Å²) in [7, 11) is 2.84. The maximum absolute atomic E-state index is 12.6. The molecule has 0 saturated carbocycles. The van der Waals surface area contributed by atoms with Crippen molar-refractivity contribution >= 4 is 23.5 Å². The van der Waals surface area contributed by atoms with Crippen LogP contribution in [0.1, 0.15) is 38.5 Å². The van der Waals surface area contributed by atoms with Crippen LogP contribution in [-0.2, 0) is 27.3 Å². The van der Waals surface area contributed by atoms with Crippen molar-refractivity contribution in [3.63, 3.8) is 0 Å². The van der Waals surface area contributed by atoms with E-state index in [1.165, 1.54) is 19.4 Å². The predicted molar refractivity (Wildman–Crippen MR) is 116 cm³/mol. The summed E-state index contributed by atoms with van der Waals surface area (Å²) in [6, 6.07) is 15.4. The molecule has 32 heavy (non-hydrogen) atoms. The summed E-state index contributed by atoms with van der Waals surface area (Å²) in [6.07, 6.45) is 2.09. The Morgan fingerprint density at radius 2 is 1.66 bits per heavy atom. The van der Waals surface area contributed by atoms with E-state index in [0.717, 1.165) is 11.3 Å². The normalized spacial score (nSPS) is 10.3. The van der Waals surface area contributed by atoms with Gasteiger partial charge in [0, 0.05) is 6.42 Å². The lowest BCUT2D eigenvalue weighted by Crippen LogP contribution is -2.16. The highest BCUT2D eigenvalue weighted by molar-refractivity contribution is 6.01. The molecule has 0 bridgehead atoms. The number of para-hydroxylation sites is 1. The van der Waals surface area contributed by atoms with Gasteiger partial charge < -0.3 is 23.9 Å². The molecule has 1 aromatic heterocycles. The molecular formula is C24H23NO7. The lowest BCUT2D eigenvalue weighted by Gasteiger charge is -2.11. The molecule has 0 unspecified atom stereocenters. The van der Waals surface area contributed by atoms with Gasteiger partial charge in [0.15, 0.2) is 12.4 Å². The van der Waals surface area contributed by atoms with Crippen LogP contribution < -0.4 is 10.1 Å². The number of aryl methyl sites for hydroxylation is 1. The number of methoxy groups -OCH3 is 2. The van der Waals surface area contributed by atoms with E-state index in [-0.39, 0.29) is 35.8 Å². The molecule has 0 aliphatic rings. The summed E-state index contributed by atoms with van der Waals surface area (Å²) < 4.78 is 20.3. The standard InChI is InChI=1S/C24H23NO7/c1-29-17-10-7-16(8-11-17)9-12-22(26)25-20-6-4-3-5-18(20)24(28)32-15-21-19(13-14-31-21)23(27)30-2/h3-8,10-11,13-14H,9,12,15H2,1-2H3,(H,25,26). The Balaban J connectivity index is 1.59. The maximum atomic E-state index is 12.6. The Morgan fingerprint density at radius 3 is 2.38 bits per heavy atom. The second-order valence-electron chi connectivity index (χ2n) is 6.77. The lowest BCUT2D eigenvalue weighted by atomic mass is 10.1. The van der Waals surface area contributed by atoms with Crippen molar-refractivity contribution in [1.29, 1.82) is 0 Å². The highest BCUT2D eigenvalue weighted by Crippen LogP contribution is 2.20. The Kier molecular flexibility index (Phi) is 7.64. The van der Waals surface area contributed by atoms with Gasteiger partial charge in [-0.1, -0.05) is 24.3 Å². The van der Waals surface area contributed by atoms with Crippen molar-refractivity contribution in [2.75, 3.05) is 19.5 Å². The van der Waals surface area contributed by atoms with Crippen molar-refractivity contribution in [3.8, 4) is 5.75 Å². The van der Waals surface area contributed by atoms with Crippen LogP contribution in [0.3, 0.4) is 0 Å². The summed E-state index contributed by atoms with van der Waals surface area (Å²) in [5.74, 6) is -0.567. The van der Waals surface area contributed by atoms with E-state index in [4.69, 9.17) is 13.9 Å². The molecule has 3 rings (SSSR count).